The molecule has 776 valence electrons. The van der Waals surface area contributed by atoms with Gasteiger partial charge in [0.1, 0.15) is 50.1 Å². The highest BCUT2D eigenvalue weighted by atomic mass is 32.2. The standard InChI is InChI=1S/C29H34N6O4S.C29H36N6O4S.C25H28N6O2.C24H25N5O.4CH4/c1-38-25-12-24(13-26(15-25)39-2)34(18-20-4-5-20)23-6-7-27-28(14-23)32-29(17-30-27)21-16-31-35(19-21)22-8-10-33(11-9-22)40(3,36)37;1-38-25-13-24(14-26(16-25)39-2)35(19-21-5-6-21)23-7-8-27-28(15-23)33-29(18-31-27)22-17-32-34(20-22)11-4-9-30-10-12-40(3,36)37;1-32-21-9-20(10-22(12-21)33-2)31(15-17-3-4-17)19-5-6-23-24(11-19)29-25(14-27-23)18-13-28-30(16-18)8-7-26;1-16-8-20(10-21(9-16)30-3)29(14-17-4-5-17)19-6-7-22-23(11-19)27-24(13-25-22)18-12-26-28(2)15-18;;;;/h6-7,12-17,19-20,22H,4-5,8-11,18H2,1-3H3;7-8,13-18,20-21,30H,4-6,9-12,19H2,1-3H3;5-6,9-14,16-17H,3-4,7-8,15,26H2,1-2H3;6-13,15,17H,4-5,14H2,1-3H3;4*1H4. The fraction of sp³-hybridized carbons (Fsp3) is 0.387. The number of nitrogens with zero attached hydrogens (tertiary/aromatic N) is 21. The fourth-order valence-electron chi connectivity index (χ4n) is 17.5. The summed E-state index contributed by atoms with van der Waals surface area (Å²) in [6.45, 7) is 9.97. The predicted molar refractivity (Wildman–Crippen MR) is 587 cm³/mol. The van der Waals surface area contributed by atoms with E-state index in [2.05, 4.69) is 145 Å². The molecule has 16 aromatic rings. The van der Waals surface area contributed by atoms with Crippen LogP contribution in [0.5, 0.6) is 40.2 Å². The zero-order valence-electron chi connectivity index (χ0n) is 82.7. The van der Waals surface area contributed by atoms with Gasteiger partial charge >= 0.3 is 0 Å². The first-order chi connectivity index (χ1) is 69.4. The quantitative estimate of drug-likeness (QED) is 0.0339. The summed E-state index contributed by atoms with van der Waals surface area (Å²) in [5.74, 6) is 8.28. The monoisotopic (exact) mass is 2030 g/mol. The molecule has 21 rings (SSSR count). The van der Waals surface area contributed by atoms with Gasteiger partial charge in [-0.1, -0.05) is 29.7 Å². The average molecular weight is 2040 g/mol. The Morgan fingerprint density at radius 3 is 1.00 bits per heavy atom. The van der Waals surface area contributed by atoms with E-state index in [-0.39, 0.29) is 41.5 Å². The molecule has 3 N–H and O–H groups in total. The maximum atomic E-state index is 11.9. The number of sulfonamides is 1. The molecular weight excluding hydrogens is 1900 g/mol. The number of benzene rings is 8. The Balaban J connectivity index is 0.000000154. The van der Waals surface area contributed by atoms with E-state index in [1.165, 1.54) is 73.7 Å². The van der Waals surface area contributed by atoms with E-state index in [0.717, 1.165) is 239 Å². The first-order valence-corrected chi connectivity index (χ1v) is 52.4. The van der Waals surface area contributed by atoms with Crippen LogP contribution in [0.2, 0.25) is 0 Å². The summed E-state index contributed by atoms with van der Waals surface area (Å²) < 4.78 is 93.8. The van der Waals surface area contributed by atoms with Crippen molar-refractivity contribution in [3.8, 4) is 85.3 Å². The van der Waals surface area contributed by atoms with E-state index < -0.39 is 19.9 Å². The molecule has 4 aliphatic carbocycles. The van der Waals surface area contributed by atoms with Gasteiger partial charge in [0.05, 0.1) is 191 Å². The van der Waals surface area contributed by atoms with Crippen LogP contribution in [-0.4, -0.2) is 227 Å². The van der Waals surface area contributed by atoms with Crippen LogP contribution in [0.3, 0.4) is 0 Å². The number of hydrogen-bond acceptors (Lipinski definition) is 29. The third-order valence-corrected chi connectivity index (χ3v) is 28.4. The van der Waals surface area contributed by atoms with Crippen LogP contribution in [0.15, 0.2) is 220 Å². The van der Waals surface area contributed by atoms with Gasteiger partial charge in [-0.25, -0.2) is 41.1 Å². The molecule has 9 heterocycles. The van der Waals surface area contributed by atoms with E-state index >= 15 is 0 Å². The van der Waals surface area contributed by atoms with Gasteiger partial charge in [-0.05, 0) is 198 Å². The number of hydrogen-bond donors (Lipinski definition) is 2. The van der Waals surface area contributed by atoms with Gasteiger partial charge in [0.15, 0.2) is 0 Å². The number of nitrogens with one attached hydrogen (secondary N) is 1. The van der Waals surface area contributed by atoms with Gasteiger partial charge in [0.25, 0.3) is 0 Å². The van der Waals surface area contributed by atoms with E-state index in [0.29, 0.717) is 50.5 Å². The van der Waals surface area contributed by atoms with Gasteiger partial charge in [0, 0.05) is 225 Å². The first-order valence-electron chi connectivity index (χ1n) is 48.5. The van der Waals surface area contributed by atoms with Gasteiger partial charge < -0.3 is 63.8 Å². The lowest BCUT2D eigenvalue weighted by molar-refractivity contribution is 0.262. The summed E-state index contributed by atoms with van der Waals surface area (Å²) in [4.78, 5) is 47.6. The molecule has 34 nitrogen and oxygen atoms in total. The lowest BCUT2D eigenvalue weighted by atomic mass is 10.1. The van der Waals surface area contributed by atoms with Crippen molar-refractivity contribution in [1.29, 1.82) is 0 Å². The van der Waals surface area contributed by atoms with E-state index in [9.17, 15) is 16.8 Å². The summed E-state index contributed by atoms with van der Waals surface area (Å²) in [7, 11) is 7.53. The minimum atomic E-state index is -3.16. The second kappa shape index (κ2) is 48.7. The van der Waals surface area contributed by atoms with E-state index in [1.807, 2.05) is 137 Å². The summed E-state index contributed by atoms with van der Waals surface area (Å²) in [6, 6.07) is 49.4. The Kier molecular flexibility index (Phi) is 35.9. The molecule has 0 amide bonds. The van der Waals surface area contributed by atoms with Crippen LogP contribution < -0.4 is 63.8 Å². The fourth-order valence-corrected chi connectivity index (χ4v) is 18.9. The van der Waals surface area contributed by atoms with Crippen molar-refractivity contribution in [3.05, 3.63) is 226 Å². The lowest BCUT2D eigenvalue weighted by Gasteiger charge is -2.30. The van der Waals surface area contributed by atoms with Crippen LogP contribution in [-0.2, 0) is 40.0 Å². The summed E-state index contributed by atoms with van der Waals surface area (Å²) in [5.41, 5.74) is 28.8. The van der Waals surface area contributed by atoms with Crippen molar-refractivity contribution < 1.29 is 50.0 Å². The van der Waals surface area contributed by atoms with Crippen molar-refractivity contribution >= 4 is 109 Å². The van der Waals surface area contributed by atoms with Crippen LogP contribution in [0, 0.1) is 30.6 Å². The number of fused-ring (bicyclic) bond motifs is 4. The van der Waals surface area contributed by atoms with Crippen molar-refractivity contribution in [3.63, 3.8) is 0 Å². The molecule has 8 aromatic heterocycles. The van der Waals surface area contributed by atoms with E-state index in [4.69, 9.17) is 58.8 Å². The van der Waals surface area contributed by atoms with Gasteiger partial charge in [-0.15, -0.1) is 0 Å². The predicted octanol–water partition coefficient (Wildman–Crippen LogP) is 20.2. The SMILES string of the molecule is C.C.C.C.COc1cc(C)cc(N(CC2CC2)c2ccc3ncc(-c4cnn(C)c4)nc3c2)c1.COc1cc(OC)cc(N(CC2CC2)c2ccc3ncc(-c4cnn(C5CCN(S(C)(=O)=O)CC5)c4)nc3c2)c1.COc1cc(OC)cc(N(CC2CC2)c2ccc3ncc(-c4cnn(CCCNCCS(C)(=O)=O)c4)nc3c2)c1.COc1cc(OC)cc(N(CC2CC2)c2ccc3ncc(-c4cnn(CCN)c4)nc3c2)c1. The maximum Gasteiger partial charge on any atom is 0.211 e. The van der Waals surface area contributed by atoms with Crippen LogP contribution >= 0.6 is 0 Å². The Bertz CT molecular complexity index is 7340. The Hall–Kier alpha value is -14.5. The minimum Gasteiger partial charge on any atom is -0.497 e. The van der Waals surface area contributed by atoms with Gasteiger partial charge in [0.2, 0.25) is 10.0 Å². The van der Waals surface area contributed by atoms with Gasteiger partial charge in [-0.3, -0.25) is 38.7 Å². The number of aromatic nitrogens is 16. The zero-order valence-corrected chi connectivity index (χ0v) is 84.3. The molecule has 36 heteroatoms. The zero-order chi connectivity index (χ0) is 99.4. The molecule has 0 bridgehead atoms. The molecule has 5 aliphatic rings. The minimum absolute atomic E-state index is 0. The molecule has 1 aliphatic heterocycles. The second-order valence-electron chi connectivity index (χ2n) is 37.4. The lowest BCUT2D eigenvalue weighted by Crippen LogP contribution is -2.38. The highest BCUT2D eigenvalue weighted by Crippen LogP contribution is 2.45. The van der Waals surface area contributed by atoms with Crippen molar-refractivity contribution in [2.24, 2.45) is 36.5 Å². The normalized spacial score (nSPS) is 14.0. The number of methoxy groups -OCH3 is 7. The van der Waals surface area contributed by atoms with E-state index in [1.54, 1.807) is 85.4 Å². The smallest absolute Gasteiger partial charge is 0.211 e. The molecule has 0 radical (unpaired) electrons. The Morgan fingerprint density at radius 2 is 0.680 bits per heavy atom. The number of anilines is 8. The summed E-state index contributed by atoms with van der Waals surface area (Å²) in [6.07, 6.45) is 37.1. The molecule has 147 heavy (non-hydrogen) atoms. The van der Waals surface area contributed by atoms with Crippen LogP contribution in [0.4, 0.5) is 45.5 Å². The summed E-state index contributed by atoms with van der Waals surface area (Å²) >= 11 is 0. The van der Waals surface area contributed by atoms with Crippen molar-refractivity contribution in [2.45, 2.75) is 126 Å². The third kappa shape index (κ3) is 28.0. The highest BCUT2D eigenvalue weighted by Gasteiger charge is 2.33. The number of sulfone groups is 1. The molecule has 1 saturated heterocycles. The van der Waals surface area contributed by atoms with Crippen molar-refractivity contribution in [2.75, 3.05) is 147 Å². The van der Waals surface area contributed by atoms with Crippen LogP contribution in [0.25, 0.3) is 89.2 Å². The average Bonchev–Trinajstić information content (AvgIpc) is 1.71. The van der Waals surface area contributed by atoms with Crippen molar-refractivity contribution in [1.82, 2.24) is 88.6 Å². The Labute approximate surface area is 863 Å². The third-order valence-electron chi connectivity index (χ3n) is 26.2. The first kappa shape index (κ1) is 108. The molecule has 0 atom stereocenters. The highest BCUT2D eigenvalue weighted by molar-refractivity contribution is 7.90. The molecular formula is C111H139N23O11S2. The number of aryl methyl sites for hydroxylation is 3. The largest absolute Gasteiger partial charge is 0.497 e. The second-order valence-corrected chi connectivity index (χ2v) is 41.6. The maximum absolute atomic E-state index is 11.9. The molecule has 0 spiro atoms. The molecule has 5 fully saturated rings. The molecule has 4 saturated carbocycles. The number of ether oxygens (including phenoxy) is 7. The summed E-state index contributed by atoms with van der Waals surface area (Å²) in [5, 5.41) is 20.8. The van der Waals surface area contributed by atoms with Crippen LogP contribution in [0.1, 0.15) is 112 Å². The number of nitrogens with two attached hydrogens (primary N) is 1. The molecule has 8 aromatic carbocycles. The number of piperidine rings is 1. The Morgan fingerprint density at radius 1 is 0.361 bits per heavy atom. The molecule has 0 unspecified atom stereocenters. The van der Waals surface area contributed by atoms with Gasteiger partial charge in [-0.2, -0.15) is 20.4 Å². The number of rotatable bonds is 38. The topological polar surface area (TPSA) is 362 Å².